The predicted octanol–water partition coefficient (Wildman–Crippen LogP) is 4.92. The molecule has 7 heteroatoms. The van der Waals surface area contributed by atoms with Crippen molar-refractivity contribution in [2.45, 2.75) is 63.3 Å². The number of thioether (sulfide) groups is 1. The lowest BCUT2D eigenvalue weighted by atomic mass is 9.70. The number of thiophene rings is 1. The van der Waals surface area contributed by atoms with E-state index in [2.05, 4.69) is 38.0 Å². The molecule has 0 aromatic carbocycles. The van der Waals surface area contributed by atoms with Crippen LogP contribution >= 0.6 is 23.1 Å². The molecule has 2 atom stereocenters. The van der Waals surface area contributed by atoms with Crippen molar-refractivity contribution < 1.29 is 4.79 Å². The Kier molecular flexibility index (Phi) is 5.00. The Hall–Kier alpha value is -1.86. The highest BCUT2D eigenvalue weighted by Gasteiger charge is 2.42. The molecule has 0 bridgehead atoms. The standard InChI is InChI=1S/C21H25N3O2S2/c1-5-11(2)28-20-23-18-17(19(26)24-20)16(14-7-6-8-27-14)15-12(22-18)9-21(3,4)10-13(15)25/h6-8,11,16H,5,9-10H2,1-4H3,(H2,22,23,24,26)/t11-,16-/m0/s1. The van der Waals surface area contributed by atoms with Crippen LogP contribution in [0.2, 0.25) is 0 Å². The third-order valence-corrected chi connectivity index (χ3v) is 7.51. The van der Waals surface area contributed by atoms with Crippen LogP contribution in [-0.4, -0.2) is 21.0 Å². The predicted molar refractivity (Wildman–Crippen MR) is 115 cm³/mol. The molecule has 28 heavy (non-hydrogen) atoms. The van der Waals surface area contributed by atoms with E-state index < -0.39 is 0 Å². The largest absolute Gasteiger partial charge is 0.343 e. The van der Waals surface area contributed by atoms with Gasteiger partial charge in [-0.3, -0.25) is 9.59 Å². The Labute approximate surface area is 173 Å². The zero-order valence-electron chi connectivity index (χ0n) is 16.6. The van der Waals surface area contributed by atoms with Crippen molar-refractivity contribution in [1.82, 2.24) is 9.97 Å². The average Bonchev–Trinajstić information content (AvgIpc) is 3.12. The van der Waals surface area contributed by atoms with Gasteiger partial charge >= 0.3 is 0 Å². The molecule has 0 amide bonds. The van der Waals surface area contributed by atoms with Crippen molar-refractivity contribution in [2.24, 2.45) is 5.41 Å². The molecule has 0 saturated carbocycles. The van der Waals surface area contributed by atoms with E-state index in [1.54, 1.807) is 23.1 Å². The number of carbonyl (C=O) groups excluding carboxylic acids is 1. The molecule has 3 heterocycles. The van der Waals surface area contributed by atoms with Gasteiger partial charge in [-0.2, -0.15) is 0 Å². The van der Waals surface area contributed by atoms with E-state index in [0.717, 1.165) is 29.0 Å². The topological polar surface area (TPSA) is 74.8 Å². The van der Waals surface area contributed by atoms with Crippen LogP contribution in [0.5, 0.6) is 0 Å². The van der Waals surface area contributed by atoms with Crippen LogP contribution in [0.3, 0.4) is 0 Å². The van der Waals surface area contributed by atoms with E-state index in [4.69, 9.17) is 4.98 Å². The summed E-state index contributed by atoms with van der Waals surface area (Å²) in [5.74, 6) is 0.381. The van der Waals surface area contributed by atoms with Gasteiger partial charge in [0.2, 0.25) is 0 Å². The molecule has 0 unspecified atom stereocenters. The second-order valence-electron chi connectivity index (χ2n) is 8.38. The highest BCUT2D eigenvalue weighted by molar-refractivity contribution is 7.99. The monoisotopic (exact) mass is 415 g/mol. The van der Waals surface area contributed by atoms with Gasteiger partial charge in [0.15, 0.2) is 10.9 Å². The molecular weight excluding hydrogens is 390 g/mol. The number of hydrogen-bond donors (Lipinski definition) is 2. The maximum absolute atomic E-state index is 13.1. The number of fused-ring (bicyclic) bond motifs is 1. The minimum absolute atomic E-state index is 0.101. The number of nitrogens with zero attached hydrogens (tertiary/aromatic N) is 1. The molecule has 2 aromatic rings. The van der Waals surface area contributed by atoms with E-state index in [9.17, 15) is 9.59 Å². The highest BCUT2D eigenvalue weighted by Crippen LogP contribution is 2.48. The van der Waals surface area contributed by atoms with Crippen molar-refractivity contribution in [2.75, 3.05) is 5.32 Å². The van der Waals surface area contributed by atoms with Gasteiger partial charge in [-0.25, -0.2) is 4.98 Å². The summed E-state index contributed by atoms with van der Waals surface area (Å²) in [4.78, 5) is 34.9. The zero-order valence-corrected chi connectivity index (χ0v) is 18.2. The van der Waals surface area contributed by atoms with Crippen molar-refractivity contribution in [3.05, 3.63) is 49.6 Å². The number of anilines is 1. The summed E-state index contributed by atoms with van der Waals surface area (Å²) in [5, 5.41) is 6.35. The number of carbonyl (C=O) groups is 1. The smallest absolute Gasteiger partial charge is 0.257 e. The van der Waals surface area contributed by atoms with Crippen molar-refractivity contribution in [3.8, 4) is 0 Å². The number of nitrogens with one attached hydrogen (secondary N) is 2. The average molecular weight is 416 g/mol. The van der Waals surface area contributed by atoms with Gasteiger partial charge in [0.25, 0.3) is 5.56 Å². The summed E-state index contributed by atoms with van der Waals surface area (Å²) in [6.45, 7) is 8.46. The van der Waals surface area contributed by atoms with E-state index in [0.29, 0.717) is 28.2 Å². The Balaban J connectivity index is 1.88. The van der Waals surface area contributed by atoms with E-state index in [1.165, 1.54) is 0 Å². The van der Waals surface area contributed by atoms with Gasteiger partial charge in [-0.05, 0) is 29.7 Å². The summed E-state index contributed by atoms with van der Waals surface area (Å²) >= 11 is 3.15. The third-order valence-electron chi connectivity index (χ3n) is 5.42. The Morgan fingerprint density at radius 1 is 1.36 bits per heavy atom. The molecule has 148 valence electrons. The van der Waals surface area contributed by atoms with Gasteiger partial charge in [0.05, 0.1) is 11.5 Å². The molecule has 5 nitrogen and oxygen atoms in total. The minimum Gasteiger partial charge on any atom is -0.343 e. The van der Waals surface area contributed by atoms with Crippen LogP contribution in [0.4, 0.5) is 5.82 Å². The molecule has 4 rings (SSSR count). The molecule has 1 aliphatic carbocycles. The molecule has 2 aromatic heterocycles. The number of ketones is 1. The molecule has 1 aliphatic heterocycles. The van der Waals surface area contributed by atoms with E-state index >= 15 is 0 Å². The molecule has 0 fully saturated rings. The maximum Gasteiger partial charge on any atom is 0.257 e. The maximum atomic E-state index is 13.1. The number of hydrogen-bond acceptors (Lipinski definition) is 6. The first-order chi connectivity index (χ1) is 13.3. The summed E-state index contributed by atoms with van der Waals surface area (Å²) in [6, 6.07) is 3.97. The molecule has 0 spiro atoms. The lowest BCUT2D eigenvalue weighted by Gasteiger charge is -2.38. The summed E-state index contributed by atoms with van der Waals surface area (Å²) < 4.78 is 0. The fourth-order valence-corrected chi connectivity index (χ4v) is 5.65. The van der Waals surface area contributed by atoms with Crippen LogP contribution in [-0.2, 0) is 4.79 Å². The van der Waals surface area contributed by atoms with Gasteiger partial charge in [0.1, 0.15) is 5.82 Å². The SMILES string of the molecule is CC[C@H](C)Sc1nc2c(c(=O)[nH]1)[C@@H](c1cccs1)C1=C(CC(C)(C)CC1=O)N2. The van der Waals surface area contributed by atoms with Crippen molar-refractivity contribution in [1.29, 1.82) is 0 Å². The minimum atomic E-state index is -0.339. The van der Waals surface area contributed by atoms with Gasteiger partial charge in [-0.15, -0.1) is 11.3 Å². The number of rotatable bonds is 4. The summed E-state index contributed by atoms with van der Waals surface area (Å²) in [7, 11) is 0. The van der Waals surface area contributed by atoms with Crippen LogP contribution in [0.25, 0.3) is 0 Å². The van der Waals surface area contributed by atoms with Crippen LogP contribution in [0, 0.1) is 5.41 Å². The fraction of sp³-hybridized carbons (Fsp3) is 0.476. The Morgan fingerprint density at radius 2 is 2.14 bits per heavy atom. The highest BCUT2D eigenvalue weighted by atomic mass is 32.2. The molecular formula is C21H25N3O2S2. The lowest BCUT2D eigenvalue weighted by molar-refractivity contribution is -0.118. The summed E-state index contributed by atoms with van der Waals surface area (Å²) in [5.41, 5.74) is 1.96. The van der Waals surface area contributed by atoms with Gasteiger partial charge in [0, 0.05) is 27.8 Å². The van der Waals surface area contributed by atoms with Crippen molar-refractivity contribution >= 4 is 34.7 Å². The first kappa shape index (κ1) is 19.5. The van der Waals surface area contributed by atoms with Crippen LogP contribution in [0.1, 0.15) is 63.3 Å². The molecule has 0 saturated heterocycles. The fourth-order valence-electron chi connectivity index (χ4n) is 3.96. The molecule has 0 radical (unpaired) electrons. The van der Waals surface area contributed by atoms with E-state index in [1.807, 2.05) is 17.5 Å². The normalized spacial score (nSPS) is 21.7. The third kappa shape index (κ3) is 3.46. The summed E-state index contributed by atoms with van der Waals surface area (Å²) in [6.07, 6.45) is 2.27. The number of allylic oxidation sites excluding steroid dienone is 2. The Morgan fingerprint density at radius 3 is 2.82 bits per heavy atom. The zero-order chi connectivity index (χ0) is 20.1. The second kappa shape index (κ2) is 7.19. The molecule has 2 aliphatic rings. The number of Topliss-reactive ketones (excluding diaryl/α,β-unsaturated/α-hetero) is 1. The number of aromatic nitrogens is 2. The first-order valence-electron chi connectivity index (χ1n) is 9.66. The van der Waals surface area contributed by atoms with Crippen molar-refractivity contribution in [3.63, 3.8) is 0 Å². The lowest BCUT2D eigenvalue weighted by Crippen LogP contribution is -2.36. The second-order valence-corrected chi connectivity index (χ2v) is 10.8. The van der Waals surface area contributed by atoms with E-state index in [-0.39, 0.29) is 22.7 Å². The Bertz CT molecular complexity index is 1010. The molecule has 2 N–H and O–H groups in total. The van der Waals surface area contributed by atoms with Crippen LogP contribution in [0.15, 0.2) is 38.7 Å². The first-order valence-corrected chi connectivity index (χ1v) is 11.4. The number of H-pyrrole nitrogens is 1. The van der Waals surface area contributed by atoms with Gasteiger partial charge in [-0.1, -0.05) is 45.5 Å². The number of aromatic amines is 1. The van der Waals surface area contributed by atoms with Gasteiger partial charge < -0.3 is 10.3 Å². The quantitative estimate of drug-likeness (QED) is 0.547. The van der Waals surface area contributed by atoms with Crippen LogP contribution < -0.4 is 10.9 Å².